The van der Waals surface area contributed by atoms with Crippen molar-refractivity contribution in [3.8, 4) is 0 Å². The van der Waals surface area contributed by atoms with Crippen LogP contribution in [0.5, 0.6) is 0 Å². The Bertz CT molecular complexity index is 771. The number of hydrogen-bond donors (Lipinski definition) is 2. The van der Waals surface area contributed by atoms with Gasteiger partial charge in [0.25, 0.3) is 5.91 Å². The van der Waals surface area contributed by atoms with E-state index < -0.39 is 0 Å². The molecule has 0 spiro atoms. The molecule has 1 aliphatic rings. The van der Waals surface area contributed by atoms with E-state index in [1.807, 2.05) is 47.4 Å². The summed E-state index contributed by atoms with van der Waals surface area (Å²) in [4.78, 5) is 30.7. The van der Waals surface area contributed by atoms with E-state index in [4.69, 9.17) is 5.84 Å². The Morgan fingerprint density at radius 3 is 2.22 bits per heavy atom. The highest BCUT2D eigenvalue weighted by Crippen LogP contribution is 2.20. The Kier molecular flexibility index (Phi) is 6.05. The fourth-order valence-corrected chi connectivity index (χ4v) is 3.07. The molecule has 27 heavy (non-hydrogen) atoms. The summed E-state index contributed by atoms with van der Waals surface area (Å²) in [6.07, 6.45) is 0. The number of amides is 3. The highest BCUT2D eigenvalue weighted by Gasteiger charge is 2.25. The zero-order chi connectivity index (χ0) is 19.2. The molecule has 0 radical (unpaired) electrons. The van der Waals surface area contributed by atoms with Crippen molar-refractivity contribution in [1.29, 1.82) is 0 Å². The highest BCUT2D eigenvalue weighted by atomic mass is 16.2. The summed E-state index contributed by atoms with van der Waals surface area (Å²) < 4.78 is 0. The fourth-order valence-electron chi connectivity index (χ4n) is 3.07. The normalized spacial score (nSPS) is 14.7. The zero-order valence-corrected chi connectivity index (χ0v) is 15.5. The minimum atomic E-state index is -0.338. The predicted molar refractivity (Wildman–Crippen MR) is 105 cm³/mol. The van der Waals surface area contributed by atoms with Gasteiger partial charge in [-0.15, -0.1) is 0 Å². The monoisotopic (exact) mass is 367 g/mol. The highest BCUT2D eigenvalue weighted by molar-refractivity contribution is 5.94. The zero-order valence-electron chi connectivity index (χ0n) is 15.5. The second-order valence-corrected chi connectivity index (χ2v) is 6.66. The minimum absolute atomic E-state index is 0.00178. The summed E-state index contributed by atoms with van der Waals surface area (Å²) in [5, 5.41) is 0. The third-order valence-electron chi connectivity index (χ3n) is 4.76. The molecule has 1 fully saturated rings. The number of carbonyl (C=O) groups is 2. The van der Waals surface area contributed by atoms with Crippen molar-refractivity contribution in [2.24, 2.45) is 5.84 Å². The molecule has 3 N–H and O–H groups in total. The largest absolute Gasteiger partial charge is 0.324 e. The molecule has 1 aliphatic heterocycles. The molecular formula is C20H25N5O2. The van der Waals surface area contributed by atoms with Gasteiger partial charge in [-0.05, 0) is 36.9 Å². The maximum Gasteiger partial charge on any atom is 0.324 e. The number of nitrogens with two attached hydrogens (primary N) is 1. The second kappa shape index (κ2) is 8.66. The number of hydrazine groups is 1. The Morgan fingerprint density at radius 2 is 1.63 bits per heavy atom. The van der Waals surface area contributed by atoms with Crippen LogP contribution >= 0.6 is 0 Å². The van der Waals surface area contributed by atoms with Crippen molar-refractivity contribution in [2.45, 2.75) is 6.54 Å². The van der Waals surface area contributed by atoms with Crippen LogP contribution in [0.1, 0.15) is 15.9 Å². The van der Waals surface area contributed by atoms with Gasteiger partial charge < -0.3 is 9.80 Å². The van der Waals surface area contributed by atoms with Crippen LogP contribution in [0.3, 0.4) is 0 Å². The summed E-state index contributed by atoms with van der Waals surface area (Å²) in [7, 11) is 2.07. The van der Waals surface area contributed by atoms with Crippen LogP contribution in [-0.2, 0) is 6.54 Å². The van der Waals surface area contributed by atoms with Gasteiger partial charge in [0.1, 0.15) is 0 Å². The number of urea groups is 1. The molecule has 0 atom stereocenters. The third-order valence-corrected chi connectivity index (χ3v) is 4.76. The van der Waals surface area contributed by atoms with E-state index in [-0.39, 0.29) is 11.9 Å². The third kappa shape index (κ3) is 4.64. The quantitative estimate of drug-likeness (QED) is 0.489. The molecule has 0 saturated carbocycles. The first-order valence-corrected chi connectivity index (χ1v) is 8.98. The lowest BCUT2D eigenvalue weighted by atomic mass is 10.1. The van der Waals surface area contributed by atoms with Crippen LogP contribution in [-0.4, -0.2) is 55.0 Å². The molecule has 0 bridgehead atoms. The molecule has 1 saturated heterocycles. The van der Waals surface area contributed by atoms with E-state index in [9.17, 15) is 9.59 Å². The standard InChI is InChI=1S/C20H25N5O2/c1-23-11-13-24(14-12-23)20(27)25(18-5-3-2-4-6-18)15-16-7-9-17(10-8-16)19(26)22-21/h2-10H,11-15,21H2,1H3,(H,22,26). The predicted octanol–water partition coefficient (Wildman–Crippen LogP) is 1.66. The number of anilines is 1. The number of rotatable bonds is 4. The maximum atomic E-state index is 13.2. The van der Waals surface area contributed by atoms with Gasteiger partial charge >= 0.3 is 6.03 Å². The molecular weight excluding hydrogens is 342 g/mol. The van der Waals surface area contributed by atoms with Gasteiger partial charge in [-0.25, -0.2) is 10.6 Å². The number of nitrogen functional groups attached to an aromatic ring is 1. The summed E-state index contributed by atoms with van der Waals surface area (Å²) in [6.45, 7) is 3.61. The van der Waals surface area contributed by atoms with E-state index in [1.165, 1.54) is 0 Å². The molecule has 3 amide bonds. The van der Waals surface area contributed by atoms with Gasteiger partial charge in [-0.2, -0.15) is 0 Å². The minimum Gasteiger partial charge on any atom is -0.322 e. The lowest BCUT2D eigenvalue weighted by molar-refractivity contribution is 0.0953. The summed E-state index contributed by atoms with van der Waals surface area (Å²) in [5.74, 6) is 4.83. The van der Waals surface area contributed by atoms with Gasteiger partial charge in [0, 0.05) is 37.4 Å². The molecule has 2 aromatic rings. The number of likely N-dealkylation sites (N-methyl/N-ethyl adjacent to an activating group) is 1. The van der Waals surface area contributed by atoms with Crippen LogP contribution < -0.4 is 16.2 Å². The van der Waals surface area contributed by atoms with Gasteiger partial charge in [0.05, 0.1) is 6.54 Å². The molecule has 7 heteroatoms. The lowest BCUT2D eigenvalue weighted by Gasteiger charge is -2.36. The Hall–Kier alpha value is -2.90. The van der Waals surface area contributed by atoms with Crippen molar-refractivity contribution in [1.82, 2.24) is 15.2 Å². The summed E-state index contributed by atoms with van der Waals surface area (Å²) in [5.41, 5.74) is 4.39. The molecule has 3 rings (SSSR count). The van der Waals surface area contributed by atoms with Crippen LogP contribution in [0.2, 0.25) is 0 Å². The molecule has 0 unspecified atom stereocenters. The summed E-state index contributed by atoms with van der Waals surface area (Å²) in [6, 6.07) is 16.8. The van der Waals surface area contributed by atoms with Crippen molar-refractivity contribution in [2.75, 3.05) is 38.1 Å². The number of para-hydroxylation sites is 1. The van der Waals surface area contributed by atoms with Crippen molar-refractivity contribution >= 4 is 17.6 Å². The average Bonchev–Trinajstić information content (AvgIpc) is 2.72. The van der Waals surface area contributed by atoms with Crippen molar-refractivity contribution in [3.63, 3.8) is 0 Å². The number of hydrogen-bond acceptors (Lipinski definition) is 4. The Morgan fingerprint density at radius 1 is 1.00 bits per heavy atom. The SMILES string of the molecule is CN1CCN(C(=O)N(Cc2ccc(C(=O)NN)cc2)c2ccccc2)CC1. The first kappa shape index (κ1) is 18.9. The topological polar surface area (TPSA) is 81.9 Å². The van der Waals surface area contributed by atoms with E-state index in [0.717, 1.165) is 24.3 Å². The fraction of sp³-hybridized carbons (Fsp3) is 0.300. The first-order valence-electron chi connectivity index (χ1n) is 8.98. The van der Waals surface area contributed by atoms with Crippen LogP contribution in [0, 0.1) is 0 Å². The molecule has 0 aliphatic carbocycles. The smallest absolute Gasteiger partial charge is 0.322 e. The lowest BCUT2D eigenvalue weighted by Crippen LogP contribution is -2.51. The van der Waals surface area contributed by atoms with E-state index in [0.29, 0.717) is 25.2 Å². The molecule has 1 heterocycles. The molecule has 2 aromatic carbocycles. The van der Waals surface area contributed by atoms with Gasteiger partial charge in [0.2, 0.25) is 0 Å². The first-order chi connectivity index (χ1) is 13.1. The second-order valence-electron chi connectivity index (χ2n) is 6.66. The number of nitrogens with one attached hydrogen (secondary N) is 1. The number of benzene rings is 2. The van der Waals surface area contributed by atoms with E-state index in [2.05, 4.69) is 17.4 Å². The summed E-state index contributed by atoms with van der Waals surface area (Å²) >= 11 is 0. The number of carbonyl (C=O) groups excluding carboxylic acids is 2. The maximum absolute atomic E-state index is 13.2. The average molecular weight is 367 g/mol. The Balaban J connectivity index is 1.80. The number of nitrogens with zero attached hydrogens (tertiary/aromatic N) is 3. The van der Waals surface area contributed by atoms with E-state index in [1.54, 1.807) is 17.0 Å². The Labute approximate surface area is 159 Å². The van der Waals surface area contributed by atoms with Gasteiger partial charge in [0.15, 0.2) is 0 Å². The molecule has 7 nitrogen and oxygen atoms in total. The number of piperazine rings is 1. The van der Waals surface area contributed by atoms with Crippen LogP contribution in [0.25, 0.3) is 0 Å². The van der Waals surface area contributed by atoms with E-state index >= 15 is 0 Å². The van der Waals surface area contributed by atoms with Crippen LogP contribution in [0.15, 0.2) is 54.6 Å². The molecule has 0 aromatic heterocycles. The molecule has 142 valence electrons. The van der Waals surface area contributed by atoms with Crippen molar-refractivity contribution < 1.29 is 9.59 Å². The van der Waals surface area contributed by atoms with Crippen molar-refractivity contribution in [3.05, 3.63) is 65.7 Å². The van der Waals surface area contributed by atoms with Crippen LogP contribution in [0.4, 0.5) is 10.5 Å². The van der Waals surface area contributed by atoms with Gasteiger partial charge in [-0.3, -0.25) is 15.1 Å². The van der Waals surface area contributed by atoms with Gasteiger partial charge in [-0.1, -0.05) is 30.3 Å².